The number of aliphatic carboxylic acids is 1. The molecule has 24 heavy (non-hydrogen) atoms. The monoisotopic (exact) mass is 400 g/mol. The van der Waals surface area contributed by atoms with Crippen LogP contribution >= 0.6 is 15.9 Å². The summed E-state index contributed by atoms with van der Waals surface area (Å²) in [6.07, 6.45) is 0.0264. The molecule has 0 radical (unpaired) electrons. The Labute approximate surface area is 147 Å². The van der Waals surface area contributed by atoms with Crippen molar-refractivity contribution in [2.75, 3.05) is 0 Å². The second-order valence-electron chi connectivity index (χ2n) is 5.21. The van der Waals surface area contributed by atoms with Gasteiger partial charge in [-0.25, -0.2) is 9.18 Å². The standard InChI is InChI=1S/C16H18BrFN2O4/c1-9(17)6-14(16(23)24)20-15(22)13(19-10(2)21)8-11-4-3-5-12(18)7-11/h3-5,7,13-14H,1,6,8H2,2H3,(H,19,21)(H,20,22)(H,23,24)/t13-,14+/m0/s1. The number of carboxylic acids is 1. The molecule has 1 rings (SSSR count). The average Bonchev–Trinajstić information content (AvgIpc) is 2.44. The maximum absolute atomic E-state index is 13.3. The van der Waals surface area contributed by atoms with Crippen LogP contribution in [-0.2, 0) is 20.8 Å². The van der Waals surface area contributed by atoms with Crippen LogP contribution in [0.3, 0.4) is 0 Å². The van der Waals surface area contributed by atoms with Crippen LogP contribution in [0.2, 0.25) is 0 Å². The zero-order valence-corrected chi connectivity index (χ0v) is 14.6. The molecule has 1 aromatic carbocycles. The van der Waals surface area contributed by atoms with Crippen molar-refractivity contribution >= 4 is 33.7 Å². The first-order valence-electron chi connectivity index (χ1n) is 7.07. The van der Waals surface area contributed by atoms with Crippen molar-refractivity contribution in [3.8, 4) is 0 Å². The van der Waals surface area contributed by atoms with Crippen molar-refractivity contribution in [3.05, 3.63) is 46.7 Å². The molecule has 2 atom stereocenters. The third-order valence-electron chi connectivity index (χ3n) is 3.06. The molecule has 0 aromatic heterocycles. The lowest BCUT2D eigenvalue weighted by Crippen LogP contribution is -2.52. The lowest BCUT2D eigenvalue weighted by atomic mass is 10.0. The number of carbonyl (C=O) groups is 3. The number of nitrogens with one attached hydrogen (secondary N) is 2. The van der Waals surface area contributed by atoms with Gasteiger partial charge in [0, 0.05) is 19.8 Å². The molecular weight excluding hydrogens is 383 g/mol. The molecule has 0 aliphatic carbocycles. The summed E-state index contributed by atoms with van der Waals surface area (Å²) in [6.45, 7) is 4.78. The Balaban J connectivity index is 2.89. The van der Waals surface area contributed by atoms with Crippen LogP contribution in [0.1, 0.15) is 18.9 Å². The number of amides is 2. The predicted octanol–water partition coefficient (Wildman–Crippen LogP) is 1.74. The summed E-state index contributed by atoms with van der Waals surface area (Å²) in [7, 11) is 0. The molecule has 0 saturated carbocycles. The Morgan fingerprint density at radius 1 is 1.29 bits per heavy atom. The summed E-state index contributed by atoms with van der Waals surface area (Å²) in [4.78, 5) is 34.9. The molecule has 3 N–H and O–H groups in total. The van der Waals surface area contributed by atoms with Gasteiger partial charge < -0.3 is 15.7 Å². The number of rotatable bonds is 8. The minimum absolute atomic E-state index is 0.00612. The summed E-state index contributed by atoms with van der Waals surface area (Å²) in [5, 5.41) is 13.9. The maximum atomic E-state index is 13.3. The van der Waals surface area contributed by atoms with Crippen molar-refractivity contribution in [1.82, 2.24) is 10.6 Å². The van der Waals surface area contributed by atoms with Gasteiger partial charge in [0.05, 0.1) is 0 Å². The number of carbonyl (C=O) groups excluding carboxylic acids is 2. The van der Waals surface area contributed by atoms with Crippen molar-refractivity contribution in [2.24, 2.45) is 0 Å². The van der Waals surface area contributed by atoms with E-state index in [1.165, 1.54) is 25.1 Å². The lowest BCUT2D eigenvalue weighted by Gasteiger charge is -2.21. The summed E-state index contributed by atoms with van der Waals surface area (Å²) in [5.41, 5.74) is 0.501. The molecule has 0 heterocycles. The highest BCUT2D eigenvalue weighted by atomic mass is 79.9. The van der Waals surface area contributed by atoms with Gasteiger partial charge in [0.15, 0.2) is 0 Å². The third-order valence-corrected chi connectivity index (χ3v) is 3.39. The van der Waals surface area contributed by atoms with E-state index in [0.717, 1.165) is 0 Å². The van der Waals surface area contributed by atoms with Gasteiger partial charge in [-0.2, -0.15) is 0 Å². The molecule has 2 amide bonds. The average molecular weight is 401 g/mol. The molecule has 0 saturated heterocycles. The van der Waals surface area contributed by atoms with Gasteiger partial charge in [-0.3, -0.25) is 9.59 Å². The Hall–Kier alpha value is -2.22. The molecule has 0 aliphatic rings. The van der Waals surface area contributed by atoms with E-state index in [0.29, 0.717) is 10.0 Å². The second-order valence-corrected chi connectivity index (χ2v) is 6.33. The molecule has 6 nitrogen and oxygen atoms in total. The zero-order valence-electron chi connectivity index (χ0n) is 13.0. The Bertz CT molecular complexity index is 651. The van der Waals surface area contributed by atoms with Crippen LogP contribution < -0.4 is 10.6 Å². The fourth-order valence-electron chi connectivity index (χ4n) is 2.05. The van der Waals surface area contributed by atoms with Crippen LogP contribution in [0.5, 0.6) is 0 Å². The normalized spacial score (nSPS) is 12.8. The molecule has 8 heteroatoms. The molecule has 1 aromatic rings. The highest BCUT2D eigenvalue weighted by molar-refractivity contribution is 9.11. The summed E-state index contributed by atoms with van der Waals surface area (Å²) < 4.78 is 13.7. The number of benzene rings is 1. The van der Waals surface area contributed by atoms with Crippen LogP contribution in [-0.4, -0.2) is 35.0 Å². The SMILES string of the molecule is C=C(Br)C[C@@H](NC(=O)[C@H](Cc1cccc(F)c1)NC(C)=O)C(=O)O. The van der Waals surface area contributed by atoms with Gasteiger partial charge in [0.25, 0.3) is 0 Å². The van der Waals surface area contributed by atoms with Gasteiger partial charge in [-0.15, -0.1) is 0 Å². The van der Waals surface area contributed by atoms with E-state index in [1.54, 1.807) is 6.07 Å². The first-order valence-corrected chi connectivity index (χ1v) is 7.86. The van der Waals surface area contributed by atoms with Crippen molar-refractivity contribution in [3.63, 3.8) is 0 Å². The van der Waals surface area contributed by atoms with Crippen LogP contribution in [0, 0.1) is 5.82 Å². The second kappa shape index (κ2) is 9.17. The fourth-order valence-corrected chi connectivity index (χ4v) is 2.37. The Morgan fingerprint density at radius 3 is 2.46 bits per heavy atom. The molecule has 0 aliphatic heterocycles. The highest BCUT2D eigenvalue weighted by Gasteiger charge is 2.26. The molecule has 0 bridgehead atoms. The number of hydrogen-bond acceptors (Lipinski definition) is 3. The predicted molar refractivity (Wildman–Crippen MR) is 90.0 cm³/mol. The molecule has 0 unspecified atom stereocenters. The van der Waals surface area contributed by atoms with Crippen LogP contribution in [0.25, 0.3) is 0 Å². The first kappa shape index (κ1) is 19.8. The lowest BCUT2D eigenvalue weighted by molar-refractivity contribution is -0.142. The van der Waals surface area contributed by atoms with E-state index in [-0.39, 0.29) is 12.8 Å². The summed E-state index contributed by atoms with van der Waals surface area (Å²) in [6, 6.07) is 3.40. The largest absolute Gasteiger partial charge is 0.480 e. The van der Waals surface area contributed by atoms with Gasteiger partial charge in [-0.05, 0) is 22.2 Å². The van der Waals surface area contributed by atoms with Crippen molar-refractivity contribution in [2.45, 2.75) is 31.8 Å². The van der Waals surface area contributed by atoms with Crippen molar-refractivity contribution in [1.29, 1.82) is 0 Å². The topological polar surface area (TPSA) is 95.5 Å². The zero-order chi connectivity index (χ0) is 18.3. The number of carboxylic acid groups (broad SMARTS) is 1. The van der Waals surface area contributed by atoms with Crippen LogP contribution in [0.15, 0.2) is 35.3 Å². The minimum atomic E-state index is -1.23. The van der Waals surface area contributed by atoms with Gasteiger partial charge in [0.1, 0.15) is 17.9 Å². The van der Waals surface area contributed by atoms with E-state index < -0.39 is 35.7 Å². The minimum Gasteiger partial charge on any atom is -0.480 e. The van der Waals surface area contributed by atoms with E-state index in [9.17, 15) is 18.8 Å². The first-order chi connectivity index (χ1) is 11.2. The van der Waals surface area contributed by atoms with Gasteiger partial charge in [-0.1, -0.05) is 34.6 Å². The quantitative estimate of drug-likeness (QED) is 0.619. The molecule has 0 fully saturated rings. The number of halogens is 2. The van der Waals surface area contributed by atoms with Crippen molar-refractivity contribution < 1.29 is 23.9 Å². The molecule has 0 spiro atoms. The Morgan fingerprint density at radius 2 is 1.96 bits per heavy atom. The van der Waals surface area contributed by atoms with Gasteiger partial charge >= 0.3 is 5.97 Å². The van der Waals surface area contributed by atoms with E-state index in [4.69, 9.17) is 5.11 Å². The molecular formula is C16H18BrFN2O4. The summed E-state index contributed by atoms with van der Waals surface area (Å²) >= 11 is 3.05. The van der Waals surface area contributed by atoms with E-state index in [1.807, 2.05) is 0 Å². The highest BCUT2D eigenvalue weighted by Crippen LogP contribution is 2.11. The maximum Gasteiger partial charge on any atom is 0.326 e. The fraction of sp³-hybridized carbons (Fsp3) is 0.312. The van der Waals surface area contributed by atoms with Crippen LogP contribution in [0.4, 0.5) is 4.39 Å². The van der Waals surface area contributed by atoms with Gasteiger partial charge in [0.2, 0.25) is 11.8 Å². The molecule has 130 valence electrons. The third kappa shape index (κ3) is 6.91. The number of hydrogen-bond donors (Lipinski definition) is 3. The van der Waals surface area contributed by atoms with E-state index in [2.05, 4.69) is 33.1 Å². The van der Waals surface area contributed by atoms with E-state index >= 15 is 0 Å². The Kier molecular flexibility index (Phi) is 7.57. The summed E-state index contributed by atoms with van der Waals surface area (Å²) in [5.74, 6) is -2.82. The smallest absolute Gasteiger partial charge is 0.326 e.